The lowest BCUT2D eigenvalue weighted by Gasteiger charge is -1.99. The molecule has 4 heteroatoms. The minimum Gasteiger partial charge on any atom is -0.387 e. The molecule has 0 amide bonds. The highest BCUT2D eigenvalue weighted by Gasteiger charge is 2.00. The van der Waals surface area contributed by atoms with Gasteiger partial charge in [0.15, 0.2) is 0 Å². The van der Waals surface area contributed by atoms with Gasteiger partial charge in [0.1, 0.15) is 0 Å². The second-order valence-corrected chi connectivity index (χ2v) is 3.10. The summed E-state index contributed by atoms with van der Waals surface area (Å²) in [7, 11) is 0. The highest BCUT2D eigenvalue weighted by Crippen LogP contribution is 2.10. The minimum absolute atomic E-state index is 0.106. The van der Waals surface area contributed by atoms with Gasteiger partial charge in [-0.1, -0.05) is 18.2 Å². The SMILES string of the molecule is N=C(N)Cc1cc2ccccc2nn1. The van der Waals surface area contributed by atoms with Crippen LogP contribution in [0.4, 0.5) is 0 Å². The van der Waals surface area contributed by atoms with Crippen LogP contribution in [0.3, 0.4) is 0 Å². The molecule has 0 aliphatic rings. The van der Waals surface area contributed by atoms with Crippen LogP contribution in [0, 0.1) is 5.41 Å². The Kier molecular flexibility index (Phi) is 2.10. The summed E-state index contributed by atoms with van der Waals surface area (Å²) >= 11 is 0. The second kappa shape index (κ2) is 3.41. The van der Waals surface area contributed by atoms with Gasteiger partial charge in [0.25, 0.3) is 0 Å². The molecule has 1 aromatic carbocycles. The number of fused-ring (bicyclic) bond motifs is 1. The summed E-state index contributed by atoms with van der Waals surface area (Å²) < 4.78 is 0. The van der Waals surface area contributed by atoms with Gasteiger partial charge in [0.05, 0.1) is 17.0 Å². The highest BCUT2D eigenvalue weighted by molar-refractivity contribution is 5.82. The third-order valence-electron chi connectivity index (χ3n) is 1.92. The lowest BCUT2D eigenvalue weighted by molar-refractivity contribution is 0.987. The normalized spacial score (nSPS) is 10.3. The number of amidine groups is 1. The van der Waals surface area contributed by atoms with Crippen LogP contribution < -0.4 is 5.73 Å². The van der Waals surface area contributed by atoms with Gasteiger partial charge in [-0.2, -0.15) is 10.2 Å². The first-order chi connectivity index (χ1) is 6.75. The Bertz CT molecular complexity index is 478. The van der Waals surface area contributed by atoms with Gasteiger partial charge in [-0.05, 0) is 12.1 Å². The van der Waals surface area contributed by atoms with Crippen LogP contribution in [0.25, 0.3) is 10.9 Å². The van der Waals surface area contributed by atoms with E-state index in [0.29, 0.717) is 6.42 Å². The van der Waals surface area contributed by atoms with Crippen molar-refractivity contribution in [3.8, 4) is 0 Å². The quantitative estimate of drug-likeness (QED) is 0.545. The number of hydrogen-bond acceptors (Lipinski definition) is 3. The zero-order chi connectivity index (χ0) is 9.97. The molecule has 2 aromatic rings. The Morgan fingerprint density at radius 1 is 1.29 bits per heavy atom. The highest BCUT2D eigenvalue weighted by atomic mass is 15.1. The van der Waals surface area contributed by atoms with Crippen LogP contribution in [-0.2, 0) is 6.42 Å². The van der Waals surface area contributed by atoms with E-state index in [1.807, 2.05) is 30.3 Å². The van der Waals surface area contributed by atoms with Crippen LogP contribution in [0.5, 0.6) is 0 Å². The third-order valence-corrected chi connectivity index (χ3v) is 1.92. The lowest BCUT2D eigenvalue weighted by Crippen LogP contribution is -2.13. The maximum Gasteiger partial charge on any atom is 0.0966 e. The molecule has 14 heavy (non-hydrogen) atoms. The maximum atomic E-state index is 7.15. The van der Waals surface area contributed by atoms with Crippen LogP contribution in [-0.4, -0.2) is 16.0 Å². The number of rotatable bonds is 2. The molecule has 0 spiro atoms. The topological polar surface area (TPSA) is 75.7 Å². The van der Waals surface area contributed by atoms with Crippen molar-refractivity contribution < 1.29 is 0 Å². The molecular weight excluding hydrogens is 176 g/mol. The molecule has 0 atom stereocenters. The zero-order valence-electron chi connectivity index (χ0n) is 7.57. The largest absolute Gasteiger partial charge is 0.387 e. The standard InChI is InChI=1S/C10H10N4/c11-10(12)6-8-5-7-3-1-2-4-9(7)14-13-8/h1-5H,6H2,(H3,11,12). The van der Waals surface area contributed by atoms with Gasteiger partial charge in [-0.25, -0.2) is 0 Å². The molecule has 0 saturated carbocycles. The van der Waals surface area contributed by atoms with E-state index in [9.17, 15) is 0 Å². The molecule has 2 rings (SSSR count). The summed E-state index contributed by atoms with van der Waals surface area (Å²) in [6.45, 7) is 0. The molecule has 1 heterocycles. The molecule has 70 valence electrons. The van der Waals surface area contributed by atoms with E-state index in [4.69, 9.17) is 11.1 Å². The Hall–Kier alpha value is -1.97. The molecular formula is C10H10N4. The number of nitrogens with one attached hydrogen (secondary N) is 1. The van der Waals surface area contributed by atoms with E-state index >= 15 is 0 Å². The summed E-state index contributed by atoms with van der Waals surface area (Å²) in [5.41, 5.74) is 6.88. The lowest BCUT2D eigenvalue weighted by atomic mass is 10.2. The van der Waals surface area contributed by atoms with Gasteiger partial charge in [0.2, 0.25) is 0 Å². The number of hydrogen-bond donors (Lipinski definition) is 2. The second-order valence-electron chi connectivity index (χ2n) is 3.10. The Morgan fingerprint density at radius 3 is 2.86 bits per heavy atom. The van der Waals surface area contributed by atoms with Crippen molar-refractivity contribution in [3.05, 3.63) is 36.0 Å². The molecule has 0 aliphatic heterocycles. The zero-order valence-corrected chi connectivity index (χ0v) is 7.57. The number of nitrogens with two attached hydrogens (primary N) is 1. The summed E-state index contributed by atoms with van der Waals surface area (Å²) in [6, 6.07) is 9.64. The summed E-state index contributed by atoms with van der Waals surface area (Å²) in [5.74, 6) is 0.106. The maximum absolute atomic E-state index is 7.15. The van der Waals surface area contributed by atoms with Crippen LogP contribution in [0.1, 0.15) is 5.69 Å². The number of nitrogens with zero attached hydrogens (tertiary/aromatic N) is 2. The molecule has 0 radical (unpaired) electrons. The van der Waals surface area contributed by atoms with Gasteiger partial charge in [-0.15, -0.1) is 0 Å². The van der Waals surface area contributed by atoms with Crippen molar-refractivity contribution in [3.63, 3.8) is 0 Å². The van der Waals surface area contributed by atoms with E-state index in [1.54, 1.807) is 0 Å². The first-order valence-electron chi connectivity index (χ1n) is 4.30. The average Bonchev–Trinajstić information content (AvgIpc) is 2.17. The van der Waals surface area contributed by atoms with E-state index in [-0.39, 0.29) is 5.84 Å². The Labute approximate surface area is 81.3 Å². The first kappa shape index (κ1) is 8.62. The fourth-order valence-corrected chi connectivity index (χ4v) is 1.31. The van der Waals surface area contributed by atoms with Gasteiger partial charge >= 0.3 is 0 Å². The van der Waals surface area contributed by atoms with Crippen molar-refractivity contribution in [1.82, 2.24) is 10.2 Å². The molecule has 0 aliphatic carbocycles. The molecule has 4 nitrogen and oxygen atoms in total. The van der Waals surface area contributed by atoms with Crippen molar-refractivity contribution in [2.24, 2.45) is 5.73 Å². The van der Waals surface area contributed by atoms with E-state index in [1.165, 1.54) is 0 Å². The van der Waals surface area contributed by atoms with Gasteiger partial charge in [-0.3, -0.25) is 5.41 Å². The van der Waals surface area contributed by atoms with Crippen LogP contribution in [0.15, 0.2) is 30.3 Å². The molecule has 3 N–H and O–H groups in total. The first-order valence-corrected chi connectivity index (χ1v) is 4.30. The van der Waals surface area contributed by atoms with Crippen molar-refractivity contribution in [2.45, 2.75) is 6.42 Å². The Balaban J connectivity index is 2.46. The molecule has 0 saturated heterocycles. The monoisotopic (exact) mass is 186 g/mol. The third kappa shape index (κ3) is 1.69. The van der Waals surface area contributed by atoms with Gasteiger partial charge < -0.3 is 5.73 Å². The molecule has 0 fully saturated rings. The summed E-state index contributed by atoms with van der Waals surface area (Å²) in [4.78, 5) is 0. The average molecular weight is 186 g/mol. The fraction of sp³-hybridized carbons (Fsp3) is 0.100. The van der Waals surface area contributed by atoms with Crippen molar-refractivity contribution in [2.75, 3.05) is 0 Å². The van der Waals surface area contributed by atoms with Crippen LogP contribution >= 0.6 is 0 Å². The number of aromatic nitrogens is 2. The number of benzene rings is 1. The smallest absolute Gasteiger partial charge is 0.0966 e. The Morgan fingerprint density at radius 2 is 2.07 bits per heavy atom. The van der Waals surface area contributed by atoms with E-state index < -0.39 is 0 Å². The van der Waals surface area contributed by atoms with E-state index in [2.05, 4.69) is 10.2 Å². The summed E-state index contributed by atoms with van der Waals surface area (Å²) in [5, 5.41) is 16.2. The van der Waals surface area contributed by atoms with Crippen molar-refractivity contribution >= 4 is 16.7 Å². The van der Waals surface area contributed by atoms with E-state index in [0.717, 1.165) is 16.6 Å². The van der Waals surface area contributed by atoms with Crippen LogP contribution in [0.2, 0.25) is 0 Å². The predicted octanol–water partition coefficient (Wildman–Crippen LogP) is 1.11. The molecule has 0 bridgehead atoms. The molecule has 0 unspecified atom stereocenters. The summed E-state index contributed by atoms with van der Waals surface area (Å²) in [6.07, 6.45) is 0.359. The predicted molar refractivity (Wildman–Crippen MR) is 55.2 cm³/mol. The molecule has 1 aromatic heterocycles. The van der Waals surface area contributed by atoms with Gasteiger partial charge in [0, 0.05) is 11.8 Å². The minimum atomic E-state index is 0.106. The fourth-order valence-electron chi connectivity index (χ4n) is 1.31. The van der Waals surface area contributed by atoms with Crippen molar-refractivity contribution in [1.29, 1.82) is 5.41 Å².